The van der Waals surface area contributed by atoms with Gasteiger partial charge in [0, 0.05) is 48.4 Å². The second-order valence-corrected chi connectivity index (χ2v) is 7.46. The zero-order chi connectivity index (χ0) is 19.9. The number of nitrogens with zero attached hydrogens (tertiary/aromatic N) is 4. The van der Waals surface area contributed by atoms with E-state index in [1.165, 1.54) is 23.7 Å². The molecular formula is C22H19N5OS. The van der Waals surface area contributed by atoms with Crippen molar-refractivity contribution in [1.82, 2.24) is 24.9 Å². The number of hydrogen-bond donors (Lipinski definition) is 1. The average Bonchev–Trinajstić information content (AvgIpc) is 2.77. The number of pyridine rings is 1. The van der Waals surface area contributed by atoms with Crippen molar-refractivity contribution in [2.45, 2.75) is 23.8 Å². The molecule has 0 aliphatic carbocycles. The van der Waals surface area contributed by atoms with Gasteiger partial charge in [0.1, 0.15) is 6.33 Å². The Balaban J connectivity index is 1.65. The summed E-state index contributed by atoms with van der Waals surface area (Å²) >= 11 is 1.52. The Kier molecular flexibility index (Phi) is 6.07. The summed E-state index contributed by atoms with van der Waals surface area (Å²) in [6.45, 7) is 0. The molecule has 0 saturated heterocycles. The third-order valence-corrected chi connectivity index (χ3v) is 5.31. The van der Waals surface area contributed by atoms with Gasteiger partial charge in [0.05, 0.1) is 5.69 Å². The molecule has 0 aliphatic heterocycles. The SMILES string of the molecule is O=c1[nH]c(SCc2ccccc2)nc(Cc2ccccn2)c1Cc1cncnc1. The van der Waals surface area contributed by atoms with Crippen LogP contribution in [0.3, 0.4) is 0 Å². The molecule has 0 bridgehead atoms. The van der Waals surface area contributed by atoms with Crippen LogP contribution in [0.15, 0.2) is 83.4 Å². The van der Waals surface area contributed by atoms with Crippen molar-refractivity contribution in [3.63, 3.8) is 0 Å². The van der Waals surface area contributed by atoms with E-state index in [1.807, 2.05) is 36.4 Å². The minimum atomic E-state index is -0.134. The highest BCUT2D eigenvalue weighted by molar-refractivity contribution is 7.98. The topological polar surface area (TPSA) is 84.4 Å². The normalized spacial score (nSPS) is 10.8. The Morgan fingerprint density at radius 2 is 1.69 bits per heavy atom. The lowest BCUT2D eigenvalue weighted by molar-refractivity contribution is 0.832. The zero-order valence-corrected chi connectivity index (χ0v) is 16.5. The molecule has 0 saturated carbocycles. The molecule has 0 amide bonds. The van der Waals surface area contributed by atoms with Crippen molar-refractivity contribution in [3.8, 4) is 0 Å². The van der Waals surface area contributed by atoms with Crippen LogP contribution in [0, 0.1) is 0 Å². The van der Waals surface area contributed by atoms with Crippen LogP contribution in [0.5, 0.6) is 0 Å². The molecule has 1 N–H and O–H groups in total. The van der Waals surface area contributed by atoms with E-state index >= 15 is 0 Å². The monoisotopic (exact) mass is 401 g/mol. The summed E-state index contributed by atoms with van der Waals surface area (Å²) in [6, 6.07) is 15.9. The first-order valence-electron chi connectivity index (χ1n) is 9.20. The molecule has 7 heteroatoms. The number of benzene rings is 1. The number of hydrogen-bond acceptors (Lipinski definition) is 6. The third-order valence-electron chi connectivity index (χ3n) is 4.37. The summed E-state index contributed by atoms with van der Waals surface area (Å²) in [4.78, 5) is 33.1. The molecule has 0 fully saturated rings. The summed E-state index contributed by atoms with van der Waals surface area (Å²) in [5.74, 6) is 0.735. The van der Waals surface area contributed by atoms with E-state index in [1.54, 1.807) is 18.6 Å². The number of aromatic nitrogens is 5. The maximum atomic E-state index is 12.9. The lowest BCUT2D eigenvalue weighted by Crippen LogP contribution is -2.20. The highest BCUT2D eigenvalue weighted by Gasteiger charge is 2.14. The number of thioether (sulfide) groups is 1. The minimum Gasteiger partial charge on any atom is -0.301 e. The molecule has 4 aromatic rings. The maximum absolute atomic E-state index is 12.9. The molecule has 0 spiro atoms. The van der Waals surface area contributed by atoms with Gasteiger partial charge in [-0.1, -0.05) is 48.2 Å². The zero-order valence-electron chi connectivity index (χ0n) is 15.7. The van der Waals surface area contributed by atoms with Gasteiger partial charge in [0.15, 0.2) is 5.16 Å². The standard InChI is InChI=1S/C22H19N5OS/c28-21-19(10-17-12-23-15-24-13-17)20(11-18-8-4-5-9-25-18)26-22(27-21)29-14-16-6-2-1-3-7-16/h1-9,12-13,15H,10-11,14H2,(H,26,27,28). The van der Waals surface area contributed by atoms with Crippen molar-refractivity contribution >= 4 is 11.8 Å². The second-order valence-electron chi connectivity index (χ2n) is 6.49. The van der Waals surface area contributed by atoms with Crippen molar-refractivity contribution < 1.29 is 0 Å². The van der Waals surface area contributed by atoms with Crippen LogP contribution in [0.4, 0.5) is 0 Å². The van der Waals surface area contributed by atoms with E-state index in [9.17, 15) is 4.79 Å². The van der Waals surface area contributed by atoms with Crippen molar-refractivity contribution in [2.75, 3.05) is 0 Å². The van der Waals surface area contributed by atoms with Crippen molar-refractivity contribution in [3.05, 3.63) is 112 Å². The van der Waals surface area contributed by atoms with Crippen LogP contribution in [-0.2, 0) is 18.6 Å². The maximum Gasteiger partial charge on any atom is 0.255 e. The predicted octanol–water partition coefficient (Wildman–Crippen LogP) is 3.43. The quantitative estimate of drug-likeness (QED) is 0.377. The van der Waals surface area contributed by atoms with Gasteiger partial charge in [0.25, 0.3) is 5.56 Å². The lowest BCUT2D eigenvalue weighted by Gasteiger charge is -2.10. The third kappa shape index (κ3) is 5.14. The van der Waals surface area contributed by atoms with Gasteiger partial charge in [-0.3, -0.25) is 9.78 Å². The first kappa shape index (κ1) is 19.0. The van der Waals surface area contributed by atoms with E-state index in [2.05, 4.69) is 32.1 Å². The van der Waals surface area contributed by atoms with Gasteiger partial charge >= 0.3 is 0 Å². The summed E-state index contributed by atoms with van der Waals surface area (Å²) in [7, 11) is 0. The van der Waals surface area contributed by atoms with Crippen LogP contribution in [0.2, 0.25) is 0 Å². The second kappa shape index (κ2) is 9.25. The van der Waals surface area contributed by atoms with Crippen LogP contribution in [-0.4, -0.2) is 24.9 Å². The van der Waals surface area contributed by atoms with Gasteiger partial charge in [0.2, 0.25) is 0 Å². The summed E-state index contributed by atoms with van der Waals surface area (Å²) in [5.41, 5.74) is 4.13. The van der Waals surface area contributed by atoms with E-state index in [-0.39, 0.29) is 5.56 Å². The molecule has 1 aromatic carbocycles. The first-order chi connectivity index (χ1) is 14.3. The highest BCUT2D eigenvalue weighted by atomic mass is 32.2. The summed E-state index contributed by atoms with van der Waals surface area (Å²) in [6.07, 6.45) is 7.58. The fraction of sp³-hybridized carbons (Fsp3) is 0.136. The molecule has 3 heterocycles. The number of H-pyrrole nitrogens is 1. The minimum absolute atomic E-state index is 0.134. The van der Waals surface area contributed by atoms with Gasteiger partial charge in [-0.05, 0) is 23.3 Å². The Hall–Kier alpha value is -3.32. The molecule has 6 nitrogen and oxygen atoms in total. The smallest absolute Gasteiger partial charge is 0.255 e. The molecule has 144 valence electrons. The van der Waals surface area contributed by atoms with E-state index in [0.29, 0.717) is 23.6 Å². The Morgan fingerprint density at radius 1 is 0.897 bits per heavy atom. The van der Waals surface area contributed by atoms with Crippen LogP contribution < -0.4 is 5.56 Å². The molecule has 4 rings (SSSR count). The molecule has 3 aromatic heterocycles. The van der Waals surface area contributed by atoms with Gasteiger partial charge in [-0.15, -0.1) is 0 Å². The largest absolute Gasteiger partial charge is 0.301 e. The van der Waals surface area contributed by atoms with E-state index in [0.717, 1.165) is 22.7 Å². The molecule has 0 atom stereocenters. The van der Waals surface area contributed by atoms with E-state index < -0.39 is 0 Å². The Labute approximate surface area is 172 Å². The summed E-state index contributed by atoms with van der Waals surface area (Å²) in [5, 5.41) is 0.609. The summed E-state index contributed by atoms with van der Waals surface area (Å²) < 4.78 is 0. The van der Waals surface area contributed by atoms with Crippen molar-refractivity contribution in [1.29, 1.82) is 0 Å². The molecule has 29 heavy (non-hydrogen) atoms. The number of aromatic amines is 1. The van der Waals surface area contributed by atoms with Crippen LogP contribution in [0.1, 0.15) is 28.1 Å². The van der Waals surface area contributed by atoms with Crippen LogP contribution in [0.25, 0.3) is 0 Å². The molecule has 0 unspecified atom stereocenters. The Morgan fingerprint density at radius 3 is 2.45 bits per heavy atom. The Bertz CT molecular complexity index is 1120. The van der Waals surface area contributed by atoms with Crippen LogP contribution >= 0.6 is 11.8 Å². The molecule has 0 radical (unpaired) electrons. The molecule has 0 aliphatic rings. The fourth-order valence-corrected chi connectivity index (χ4v) is 3.78. The number of nitrogens with one attached hydrogen (secondary N) is 1. The predicted molar refractivity (Wildman–Crippen MR) is 113 cm³/mol. The van der Waals surface area contributed by atoms with Gasteiger partial charge < -0.3 is 4.98 Å². The van der Waals surface area contributed by atoms with Gasteiger partial charge in [-0.25, -0.2) is 15.0 Å². The fourth-order valence-electron chi connectivity index (χ4n) is 2.94. The average molecular weight is 401 g/mol. The van der Waals surface area contributed by atoms with E-state index in [4.69, 9.17) is 4.98 Å². The van der Waals surface area contributed by atoms with Crippen molar-refractivity contribution in [2.24, 2.45) is 0 Å². The van der Waals surface area contributed by atoms with Gasteiger partial charge in [-0.2, -0.15) is 0 Å². The highest BCUT2D eigenvalue weighted by Crippen LogP contribution is 2.20. The first-order valence-corrected chi connectivity index (χ1v) is 10.2. The lowest BCUT2D eigenvalue weighted by atomic mass is 10.0. The number of rotatable bonds is 7. The molecular weight excluding hydrogens is 382 g/mol.